The summed E-state index contributed by atoms with van der Waals surface area (Å²) < 4.78 is 40.4. The molecule has 0 spiro atoms. The molecule has 2 aromatic rings. The van der Waals surface area contributed by atoms with Gasteiger partial charge in [0.2, 0.25) is 0 Å². The monoisotopic (exact) mass is 328 g/mol. The molecule has 0 unspecified atom stereocenters. The van der Waals surface area contributed by atoms with Gasteiger partial charge in [-0.1, -0.05) is 11.6 Å². The van der Waals surface area contributed by atoms with Gasteiger partial charge in [0.05, 0.1) is 15.6 Å². The Morgan fingerprint density at radius 2 is 1.86 bits per heavy atom. The zero-order valence-corrected chi connectivity index (χ0v) is 13.0. The second kappa shape index (κ2) is 5.54. The lowest BCUT2D eigenvalue weighted by molar-refractivity contribution is 0.600. The first-order valence-electron chi connectivity index (χ1n) is 6.05. The Bertz CT molecular complexity index is 807. The normalized spacial score (nSPS) is 11.4. The molecular formula is C14H14ClFN2O2S. The first kappa shape index (κ1) is 15.6. The van der Waals surface area contributed by atoms with Crippen molar-refractivity contribution < 1.29 is 12.8 Å². The Morgan fingerprint density at radius 1 is 1.19 bits per heavy atom. The Balaban J connectivity index is 2.51. The van der Waals surface area contributed by atoms with E-state index in [1.807, 2.05) is 0 Å². The number of nitrogen functional groups attached to an aromatic ring is 1. The van der Waals surface area contributed by atoms with Crippen LogP contribution in [0.1, 0.15) is 11.1 Å². The molecule has 7 heteroatoms. The minimum Gasteiger partial charge on any atom is -0.399 e. The fraction of sp³-hybridized carbons (Fsp3) is 0.143. The van der Waals surface area contributed by atoms with Gasteiger partial charge in [-0.3, -0.25) is 4.72 Å². The molecule has 0 saturated heterocycles. The number of hydrogen-bond acceptors (Lipinski definition) is 3. The van der Waals surface area contributed by atoms with Crippen molar-refractivity contribution in [2.75, 3.05) is 10.5 Å². The third-order valence-corrected chi connectivity index (χ3v) is 4.93. The summed E-state index contributed by atoms with van der Waals surface area (Å²) in [5.41, 5.74) is 7.34. The van der Waals surface area contributed by atoms with Gasteiger partial charge < -0.3 is 5.73 Å². The van der Waals surface area contributed by atoms with Crippen molar-refractivity contribution in [1.82, 2.24) is 0 Å². The summed E-state index contributed by atoms with van der Waals surface area (Å²) >= 11 is 5.87. The lowest BCUT2D eigenvalue weighted by atomic mass is 10.1. The van der Waals surface area contributed by atoms with E-state index < -0.39 is 15.8 Å². The number of hydrogen-bond donors (Lipinski definition) is 2. The fourth-order valence-corrected chi connectivity index (χ4v) is 3.55. The molecule has 0 saturated carbocycles. The predicted molar refractivity (Wildman–Crippen MR) is 82.5 cm³/mol. The average Bonchev–Trinajstić information content (AvgIpc) is 2.37. The van der Waals surface area contributed by atoms with Gasteiger partial charge in [-0.05, 0) is 55.3 Å². The predicted octanol–water partition coefficient (Wildman–Crippen LogP) is 3.48. The molecule has 0 heterocycles. The quantitative estimate of drug-likeness (QED) is 0.847. The number of aryl methyl sites for hydroxylation is 1. The fourth-order valence-electron chi connectivity index (χ4n) is 1.91. The molecule has 4 nitrogen and oxygen atoms in total. The van der Waals surface area contributed by atoms with E-state index in [1.165, 1.54) is 12.1 Å². The van der Waals surface area contributed by atoms with E-state index >= 15 is 0 Å². The molecule has 0 atom stereocenters. The van der Waals surface area contributed by atoms with Gasteiger partial charge in [0.15, 0.2) is 0 Å². The summed E-state index contributed by atoms with van der Waals surface area (Å²) in [5, 5.41) is 0.109. The van der Waals surface area contributed by atoms with Crippen molar-refractivity contribution in [3.05, 3.63) is 52.3 Å². The van der Waals surface area contributed by atoms with Gasteiger partial charge in [0, 0.05) is 5.69 Å². The molecule has 0 aromatic heterocycles. The summed E-state index contributed by atoms with van der Waals surface area (Å²) in [4.78, 5) is 0.0420. The second-order valence-corrected chi connectivity index (χ2v) is 6.75. The van der Waals surface area contributed by atoms with Crippen LogP contribution in [0.2, 0.25) is 5.02 Å². The van der Waals surface area contributed by atoms with Crippen LogP contribution in [0, 0.1) is 19.7 Å². The first-order valence-corrected chi connectivity index (χ1v) is 7.91. The van der Waals surface area contributed by atoms with Crippen LogP contribution < -0.4 is 10.5 Å². The number of nitrogens with one attached hydrogen (secondary N) is 1. The molecule has 0 aliphatic heterocycles. The van der Waals surface area contributed by atoms with E-state index in [0.29, 0.717) is 11.3 Å². The van der Waals surface area contributed by atoms with Gasteiger partial charge in [0.1, 0.15) is 5.82 Å². The van der Waals surface area contributed by atoms with Crippen molar-refractivity contribution in [3.63, 3.8) is 0 Å². The van der Waals surface area contributed by atoms with E-state index in [4.69, 9.17) is 17.3 Å². The number of benzene rings is 2. The third kappa shape index (κ3) is 3.28. The zero-order valence-electron chi connectivity index (χ0n) is 11.4. The van der Waals surface area contributed by atoms with Crippen LogP contribution in [0.5, 0.6) is 0 Å². The van der Waals surface area contributed by atoms with E-state index in [1.54, 1.807) is 19.9 Å². The minimum absolute atomic E-state index is 0.0175. The smallest absolute Gasteiger partial charge is 0.262 e. The third-order valence-electron chi connectivity index (χ3n) is 3.10. The molecule has 0 radical (unpaired) electrons. The zero-order chi connectivity index (χ0) is 15.8. The standard InChI is InChI=1S/C14H14ClFN2O2S/c1-8-5-11(17)7-14(9(8)2)21(19,20)18-13-6-10(16)3-4-12(13)15/h3-7,18H,17H2,1-2H3. The second-order valence-electron chi connectivity index (χ2n) is 4.69. The molecule has 2 rings (SSSR count). The number of sulfonamides is 1. The molecule has 0 bridgehead atoms. The molecule has 0 fully saturated rings. The molecule has 3 N–H and O–H groups in total. The van der Waals surface area contributed by atoms with Gasteiger partial charge in [-0.25, -0.2) is 12.8 Å². The minimum atomic E-state index is -3.91. The van der Waals surface area contributed by atoms with E-state index in [2.05, 4.69) is 4.72 Å². The maximum Gasteiger partial charge on any atom is 0.262 e. The SMILES string of the molecule is Cc1cc(N)cc(S(=O)(=O)Nc2cc(F)ccc2Cl)c1C. The molecule has 21 heavy (non-hydrogen) atoms. The van der Waals surface area contributed by atoms with Crippen LogP contribution >= 0.6 is 11.6 Å². The van der Waals surface area contributed by atoms with Crippen LogP contribution in [-0.2, 0) is 10.0 Å². The number of halogens is 2. The van der Waals surface area contributed by atoms with E-state index in [-0.39, 0.29) is 15.6 Å². The summed E-state index contributed by atoms with van der Waals surface area (Å²) in [6, 6.07) is 6.50. The summed E-state index contributed by atoms with van der Waals surface area (Å²) in [7, 11) is -3.91. The Morgan fingerprint density at radius 3 is 2.52 bits per heavy atom. The molecule has 0 aliphatic carbocycles. The van der Waals surface area contributed by atoms with Crippen molar-refractivity contribution in [3.8, 4) is 0 Å². The Labute approximate surface area is 127 Å². The van der Waals surface area contributed by atoms with Gasteiger partial charge >= 0.3 is 0 Å². The highest BCUT2D eigenvalue weighted by molar-refractivity contribution is 7.92. The summed E-state index contributed by atoms with van der Waals surface area (Å²) in [5.74, 6) is -0.586. The highest BCUT2D eigenvalue weighted by atomic mass is 35.5. The van der Waals surface area contributed by atoms with Crippen LogP contribution in [-0.4, -0.2) is 8.42 Å². The summed E-state index contributed by atoms with van der Waals surface area (Å²) in [6.07, 6.45) is 0. The number of rotatable bonds is 3. The van der Waals surface area contributed by atoms with E-state index in [9.17, 15) is 12.8 Å². The van der Waals surface area contributed by atoms with Gasteiger partial charge in [-0.2, -0.15) is 0 Å². The van der Waals surface area contributed by atoms with Crippen LogP contribution in [0.3, 0.4) is 0 Å². The molecule has 0 aliphatic rings. The summed E-state index contributed by atoms with van der Waals surface area (Å²) in [6.45, 7) is 3.44. The van der Waals surface area contributed by atoms with Crippen LogP contribution in [0.4, 0.5) is 15.8 Å². The highest BCUT2D eigenvalue weighted by Crippen LogP contribution is 2.28. The number of nitrogens with two attached hydrogens (primary N) is 1. The van der Waals surface area contributed by atoms with Crippen molar-refractivity contribution >= 4 is 33.0 Å². The van der Waals surface area contributed by atoms with Crippen molar-refractivity contribution in [2.45, 2.75) is 18.7 Å². The molecule has 112 valence electrons. The topological polar surface area (TPSA) is 72.2 Å². The van der Waals surface area contributed by atoms with Crippen molar-refractivity contribution in [1.29, 1.82) is 0 Å². The Hall–Kier alpha value is -1.79. The highest BCUT2D eigenvalue weighted by Gasteiger charge is 2.20. The van der Waals surface area contributed by atoms with Crippen LogP contribution in [0.15, 0.2) is 35.2 Å². The lowest BCUT2D eigenvalue weighted by Crippen LogP contribution is -2.15. The molecular weight excluding hydrogens is 315 g/mol. The van der Waals surface area contributed by atoms with Crippen molar-refractivity contribution in [2.24, 2.45) is 0 Å². The largest absolute Gasteiger partial charge is 0.399 e. The number of anilines is 2. The van der Waals surface area contributed by atoms with E-state index in [0.717, 1.165) is 17.7 Å². The molecule has 2 aromatic carbocycles. The average molecular weight is 329 g/mol. The maximum atomic E-state index is 13.2. The Kier molecular flexibility index (Phi) is 4.11. The maximum absolute atomic E-state index is 13.2. The van der Waals surface area contributed by atoms with Crippen LogP contribution in [0.25, 0.3) is 0 Å². The lowest BCUT2D eigenvalue weighted by Gasteiger charge is -2.14. The molecule has 0 amide bonds. The first-order chi connectivity index (χ1) is 9.70. The van der Waals surface area contributed by atoms with Gasteiger partial charge in [0.25, 0.3) is 10.0 Å². The van der Waals surface area contributed by atoms with Gasteiger partial charge in [-0.15, -0.1) is 0 Å².